The summed E-state index contributed by atoms with van der Waals surface area (Å²) >= 11 is 0. The summed E-state index contributed by atoms with van der Waals surface area (Å²) in [6.07, 6.45) is 3.66. The highest BCUT2D eigenvalue weighted by molar-refractivity contribution is 5.86. The molecule has 29 heavy (non-hydrogen) atoms. The van der Waals surface area contributed by atoms with Gasteiger partial charge in [-0.05, 0) is 23.8 Å². The van der Waals surface area contributed by atoms with Gasteiger partial charge in [0.1, 0.15) is 6.04 Å². The topological polar surface area (TPSA) is 134 Å². The monoisotopic (exact) mass is 394 g/mol. The van der Waals surface area contributed by atoms with Gasteiger partial charge in [0, 0.05) is 36.4 Å². The van der Waals surface area contributed by atoms with Crippen molar-refractivity contribution in [3.05, 3.63) is 60.3 Å². The number of benzene rings is 1. The van der Waals surface area contributed by atoms with Gasteiger partial charge in [-0.15, -0.1) is 0 Å². The lowest BCUT2D eigenvalue weighted by Crippen LogP contribution is -2.42. The van der Waals surface area contributed by atoms with Gasteiger partial charge in [-0.25, -0.2) is 4.79 Å². The second-order valence-corrected chi connectivity index (χ2v) is 6.51. The highest BCUT2D eigenvalue weighted by Crippen LogP contribution is 2.19. The van der Waals surface area contributed by atoms with E-state index >= 15 is 0 Å². The maximum Gasteiger partial charge on any atom is 0.326 e. The molecule has 9 nitrogen and oxygen atoms in total. The number of furan rings is 1. The number of carbonyl (C=O) groups excluding carboxylic acids is 1. The molecule has 0 aliphatic carbocycles. The number of nitrogens with zero attached hydrogens (tertiary/aromatic N) is 2. The molecular weight excluding hydrogens is 376 g/mol. The van der Waals surface area contributed by atoms with Crippen molar-refractivity contribution in [2.75, 3.05) is 0 Å². The van der Waals surface area contributed by atoms with Crippen LogP contribution in [0.25, 0.3) is 22.5 Å². The SMILES string of the molecule is O=C(CCc1nc(-c2ccco2)no1)N[C@@H](Cc1c[nH]c2ccccc12)C(=O)O. The molecule has 1 atom stereocenters. The maximum absolute atomic E-state index is 12.3. The Morgan fingerprint density at radius 3 is 2.86 bits per heavy atom. The Labute approximate surface area is 164 Å². The van der Waals surface area contributed by atoms with E-state index < -0.39 is 17.9 Å². The highest BCUT2D eigenvalue weighted by atomic mass is 16.5. The number of hydrogen-bond donors (Lipinski definition) is 3. The van der Waals surface area contributed by atoms with E-state index in [1.54, 1.807) is 18.3 Å². The lowest BCUT2D eigenvalue weighted by Gasteiger charge is -2.14. The number of carboxylic acid groups (broad SMARTS) is 1. The van der Waals surface area contributed by atoms with Crippen LogP contribution in [0.15, 0.2) is 57.8 Å². The van der Waals surface area contributed by atoms with Crippen molar-refractivity contribution < 1.29 is 23.6 Å². The number of aromatic amines is 1. The summed E-state index contributed by atoms with van der Waals surface area (Å²) in [5.41, 5.74) is 1.75. The van der Waals surface area contributed by atoms with Crippen LogP contribution in [-0.2, 0) is 22.4 Å². The first-order valence-electron chi connectivity index (χ1n) is 9.04. The second kappa shape index (κ2) is 8.01. The standard InChI is InChI=1S/C20H18N4O5/c25-17(7-8-18-23-19(24-29-18)16-6-3-9-28-16)22-15(20(26)27)10-12-11-21-14-5-2-1-4-13(12)14/h1-6,9,11,15,21H,7-8,10H2,(H,22,25)(H,26,27)/t15-/m0/s1. The van der Waals surface area contributed by atoms with Crippen LogP contribution < -0.4 is 5.32 Å². The third-order valence-electron chi connectivity index (χ3n) is 4.51. The molecule has 3 N–H and O–H groups in total. The van der Waals surface area contributed by atoms with Crippen molar-refractivity contribution in [3.63, 3.8) is 0 Å². The number of aliphatic carboxylic acids is 1. The lowest BCUT2D eigenvalue weighted by molar-refractivity contribution is -0.141. The van der Waals surface area contributed by atoms with Gasteiger partial charge >= 0.3 is 5.97 Å². The van der Waals surface area contributed by atoms with E-state index in [1.807, 2.05) is 24.3 Å². The van der Waals surface area contributed by atoms with Crippen LogP contribution in [0.1, 0.15) is 17.9 Å². The number of amides is 1. The number of rotatable bonds is 8. The number of carbonyl (C=O) groups is 2. The fourth-order valence-corrected chi connectivity index (χ4v) is 3.07. The van der Waals surface area contributed by atoms with Crippen molar-refractivity contribution in [3.8, 4) is 11.6 Å². The highest BCUT2D eigenvalue weighted by Gasteiger charge is 2.22. The molecule has 0 radical (unpaired) electrons. The summed E-state index contributed by atoms with van der Waals surface area (Å²) in [5.74, 6) is -0.464. The van der Waals surface area contributed by atoms with E-state index in [4.69, 9.17) is 8.94 Å². The van der Waals surface area contributed by atoms with Gasteiger partial charge in [-0.1, -0.05) is 23.4 Å². The zero-order valence-electron chi connectivity index (χ0n) is 15.3. The molecule has 1 aromatic carbocycles. The molecule has 0 aliphatic rings. The summed E-state index contributed by atoms with van der Waals surface area (Å²) in [6, 6.07) is 9.97. The van der Waals surface area contributed by atoms with Crippen molar-refractivity contribution in [1.29, 1.82) is 0 Å². The van der Waals surface area contributed by atoms with E-state index in [1.165, 1.54) is 6.26 Å². The van der Waals surface area contributed by atoms with Crippen molar-refractivity contribution in [2.45, 2.75) is 25.3 Å². The quantitative estimate of drug-likeness (QED) is 0.418. The minimum absolute atomic E-state index is 0.0253. The molecular formula is C20H18N4O5. The molecule has 1 amide bonds. The molecule has 0 saturated carbocycles. The van der Waals surface area contributed by atoms with Crippen LogP contribution >= 0.6 is 0 Å². The van der Waals surface area contributed by atoms with E-state index in [-0.39, 0.29) is 25.2 Å². The van der Waals surface area contributed by atoms with Gasteiger partial charge in [0.25, 0.3) is 0 Å². The van der Waals surface area contributed by atoms with Crippen LogP contribution in [0, 0.1) is 0 Å². The third kappa shape index (κ3) is 4.18. The number of aromatic nitrogens is 3. The Morgan fingerprint density at radius 1 is 1.21 bits per heavy atom. The average molecular weight is 394 g/mol. The average Bonchev–Trinajstić information content (AvgIpc) is 3.46. The molecule has 4 aromatic rings. The number of hydrogen-bond acceptors (Lipinski definition) is 6. The van der Waals surface area contributed by atoms with Crippen LogP contribution in [-0.4, -0.2) is 38.1 Å². The van der Waals surface area contributed by atoms with Gasteiger partial charge in [0.15, 0.2) is 5.76 Å². The van der Waals surface area contributed by atoms with E-state index in [2.05, 4.69) is 20.4 Å². The largest absolute Gasteiger partial charge is 0.480 e. The van der Waals surface area contributed by atoms with E-state index in [0.29, 0.717) is 11.6 Å². The fourth-order valence-electron chi connectivity index (χ4n) is 3.07. The summed E-state index contributed by atoms with van der Waals surface area (Å²) in [5, 5.41) is 16.8. The van der Waals surface area contributed by atoms with Crippen LogP contribution in [0.3, 0.4) is 0 Å². The molecule has 3 heterocycles. The molecule has 0 fully saturated rings. The fraction of sp³-hybridized carbons (Fsp3) is 0.200. The van der Waals surface area contributed by atoms with Crippen LogP contribution in [0.4, 0.5) is 0 Å². The molecule has 0 bridgehead atoms. The predicted octanol–water partition coefficient (Wildman–Crippen LogP) is 2.56. The van der Waals surface area contributed by atoms with Gasteiger partial charge in [-0.3, -0.25) is 4.79 Å². The zero-order valence-corrected chi connectivity index (χ0v) is 15.3. The van der Waals surface area contributed by atoms with Gasteiger partial charge < -0.3 is 24.3 Å². The molecule has 4 rings (SSSR count). The van der Waals surface area contributed by atoms with Gasteiger partial charge in [0.2, 0.25) is 17.6 Å². The lowest BCUT2D eigenvalue weighted by atomic mass is 10.0. The Kier molecular flexibility index (Phi) is 5.10. The number of fused-ring (bicyclic) bond motifs is 1. The van der Waals surface area contributed by atoms with Crippen molar-refractivity contribution in [2.24, 2.45) is 0 Å². The maximum atomic E-state index is 12.3. The summed E-state index contributed by atoms with van der Waals surface area (Å²) in [7, 11) is 0. The summed E-state index contributed by atoms with van der Waals surface area (Å²) in [6.45, 7) is 0. The zero-order chi connectivity index (χ0) is 20.2. The number of aryl methyl sites for hydroxylation is 1. The number of nitrogens with one attached hydrogen (secondary N) is 2. The van der Waals surface area contributed by atoms with Gasteiger partial charge in [-0.2, -0.15) is 4.98 Å². The first-order chi connectivity index (χ1) is 14.1. The Hall–Kier alpha value is -3.88. The molecule has 148 valence electrons. The smallest absolute Gasteiger partial charge is 0.326 e. The molecule has 3 aromatic heterocycles. The van der Waals surface area contributed by atoms with Crippen LogP contribution in [0.2, 0.25) is 0 Å². The normalized spacial score (nSPS) is 12.1. The third-order valence-corrected chi connectivity index (χ3v) is 4.51. The van der Waals surface area contributed by atoms with E-state index in [0.717, 1.165) is 16.5 Å². The predicted molar refractivity (Wildman–Crippen MR) is 102 cm³/mol. The van der Waals surface area contributed by atoms with Gasteiger partial charge in [0.05, 0.1) is 6.26 Å². The Balaban J connectivity index is 1.36. The summed E-state index contributed by atoms with van der Waals surface area (Å²) < 4.78 is 10.3. The van der Waals surface area contributed by atoms with Crippen molar-refractivity contribution >= 4 is 22.8 Å². The summed E-state index contributed by atoms with van der Waals surface area (Å²) in [4.78, 5) is 31.2. The number of carboxylic acids is 1. The molecule has 9 heteroatoms. The molecule has 0 aliphatic heterocycles. The number of H-pyrrole nitrogens is 1. The van der Waals surface area contributed by atoms with E-state index in [9.17, 15) is 14.7 Å². The van der Waals surface area contributed by atoms with Crippen molar-refractivity contribution in [1.82, 2.24) is 20.4 Å². The first-order valence-corrected chi connectivity index (χ1v) is 9.04. The minimum Gasteiger partial charge on any atom is -0.480 e. The number of para-hydroxylation sites is 1. The second-order valence-electron chi connectivity index (χ2n) is 6.51. The molecule has 0 unspecified atom stereocenters. The Morgan fingerprint density at radius 2 is 2.07 bits per heavy atom. The Bertz CT molecular complexity index is 1130. The molecule has 0 spiro atoms. The first kappa shape index (κ1) is 18.5. The minimum atomic E-state index is -1.10. The molecule has 0 saturated heterocycles. The van der Waals surface area contributed by atoms with Crippen LogP contribution in [0.5, 0.6) is 0 Å².